The normalized spacial score (nSPS) is 11.1. The van der Waals surface area contributed by atoms with Crippen LogP contribution in [-0.4, -0.2) is 31.6 Å². The number of nitrogens with zero attached hydrogens (tertiary/aromatic N) is 3. The number of aromatic carboxylic acids is 1. The molecule has 4 aromatic rings. The van der Waals surface area contributed by atoms with Crippen LogP contribution < -0.4 is 11.1 Å². The van der Waals surface area contributed by atoms with Crippen LogP contribution in [0.4, 0.5) is 5.82 Å². The number of furan rings is 1. The van der Waals surface area contributed by atoms with Gasteiger partial charge in [0.25, 0.3) is 5.91 Å². The van der Waals surface area contributed by atoms with Gasteiger partial charge in [-0.3, -0.25) is 4.79 Å². The zero-order valence-electron chi connectivity index (χ0n) is 13.6. The first kappa shape index (κ1) is 16.9. The molecule has 0 atom stereocenters. The van der Waals surface area contributed by atoms with E-state index in [1.54, 1.807) is 24.4 Å². The zero-order chi connectivity index (χ0) is 19.1. The Morgan fingerprint density at radius 2 is 2.15 bits per heavy atom. The molecule has 9 nitrogen and oxygen atoms in total. The molecule has 4 N–H and O–H groups in total. The lowest BCUT2D eigenvalue weighted by atomic mass is 10.1. The number of anilines is 1. The molecule has 0 fully saturated rings. The number of amides is 1. The second-order valence-corrected chi connectivity index (χ2v) is 6.16. The number of hydrogen-bond donors (Lipinski definition) is 3. The van der Waals surface area contributed by atoms with Gasteiger partial charge in [0.1, 0.15) is 22.5 Å². The van der Waals surface area contributed by atoms with Gasteiger partial charge in [0.05, 0.1) is 6.54 Å². The summed E-state index contributed by atoms with van der Waals surface area (Å²) in [5.41, 5.74) is 6.44. The van der Waals surface area contributed by atoms with E-state index >= 15 is 0 Å². The molecule has 0 aliphatic rings. The van der Waals surface area contributed by atoms with Crippen molar-refractivity contribution in [3.05, 3.63) is 58.6 Å². The van der Waals surface area contributed by atoms with Gasteiger partial charge in [0.2, 0.25) is 0 Å². The lowest BCUT2D eigenvalue weighted by Gasteiger charge is -2.02. The number of rotatable bonds is 4. The van der Waals surface area contributed by atoms with Crippen molar-refractivity contribution in [1.29, 1.82) is 0 Å². The molecule has 0 bridgehead atoms. The van der Waals surface area contributed by atoms with Crippen LogP contribution in [0, 0.1) is 0 Å². The Morgan fingerprint density at radius 1 is 1.33 bits per heavy atom. The molecule has 1 aromatic carbocycles. The number of nitrogens with two attached hydrogens (primary N) is 1. The van der Waals surface area contributed by atoms with Crippen LogP contribution in [0.15, 0.2) is 41.1 Å². The smallest absolute Gasteiger partial charge is 0.339 e. The Kier molecular flexibility index (Phi) is 3.93. The fourth-order valence-electron chi connectivity index (χ4n) is 2.79. The van der Waals surface area contributed by atoms with E-state index in [1.165, 1.54) is 16.8 Å². The van der Waals surface area contributed by atoms with E-state index in [0.717, 1.165) is 0 Å². The second-order valence-electron chi connectivity index (χ2n) is 5.72. The number of carboxylic acids is 1. The van der Waals surface area contributed by atoms with Crippen molar-refractivity contribution in [1.82, 2.24) is 19.9 Å². The Labute approximate surface area is 156 Å². The number of nitrogens with one attached hydrogen (secondary N) is 1. The third-order valence-corrected chi connectivity index (χ3v) is 4.15. The molecule has 0 saturated carbocycles. The standard InChI is InChI=1S/C17H12ClN5O4/c18-9-4-8-5-10(27-13(8)11(6-9)17(25)26)7-21-16(24)12-14(19)22-23-3-1-2-20-15(12)23/h1-6H,7H2,(H2,19,22)(H,21,24)(H,25,26). The molecule has 0 aliphatic carbocycles. The molecule has 1 amide bonds. The molecule has 10 heteroatoms. The molecule has 0 unspecified atom stereocenters. The van der Waals surface area contributed by atoms with Gasteiger partial charge in [0, 0.05) is 22.8 Å². The lowest BCUT2D eigenvalue weighted by Crippen LogP contribution is -2.23. The maximum Gasteiger partial charge on any atom is 0.339 e. The predicted molar refractivity (Wildman–Crippen MR) is 96.8 cm³/mol. The van der Waals surface area contributed by atoms with Crippen molar-refractivity contribution in [3.8, 4) is 0 Å². The minimum atomic E-state index is -1.15. The summed E-state index contributed by atoms with van der Waals surface area (Å²) in [5, 5.41) is 16.8. The number of fused-ring (bicyclic) bond motifs is 2. The van der Waals surface area contributed by atoms with Gasteiger partial charge < -0.3 is 20.6 Å². The molecule has 136 valence electrons. The van der Waals surface area contributed by atoms with E-state index in [9.17, 15) is 14.7 Å². The van der Waals surface area contributed by atoms with Crippen LogP contribution in [0.25, 0.3) is 16.6 Å². The molecule has 0 spiro atoms. The number of carbonyl (C=O) groups is 2. The SMILES string of the molecule is Nc1nn2cccnc2c1C(=O)NCc1cc2cc(Cl)cc(C(=O)O)c2o1. The van der Waals surface area contributed by atoms with E-state index < -0.39 is 11.9 Å². The number of hydrogen-bond acceptors (Lipinski definition) is 6. The number of benzene rings is 1. The van der Waals surface area contributed by atoms with Crippen molar-refractivity contribution in [3.63, 3.8) is 0 Å². The number of carboxylic acid groups (broad SMARTS) is 1. The van der Waals surface area contributed by atoms with Gasteiger partial charge in [-0.15, -0.1) is 5.10 Å². The summed E-state index contributed by atoms with van der Waals surface area (Å²) < 4.78 is 6.99. The van der Waals surface area contributed by atoms with E-state index in [4.69, 9.17) is 21.8 Å². The van der Waals surface area contributed by atoms with Crippen LogP contribution >= 0.6 is 11.6 Å². The largest absolute Gasteiger partial charge is 0.478 e. The van der Waals surface area contributed by atoms with Crippen LogP contribution in [-0.2, 0) is 6.54 Å². The van der Waals surface area contributed by atoms with Crippen LogP contribution in [0.3, 0.4) is 0 Å². The molecule has 0 aliphatic heterocycles. The number of nitrogen functional groups attached to an aromatic ring is 1. The van der Waals surface area contributed by atoms with Crippen LogP contribution in [0.2, 0.25) is 5.02 Å². The highest BCUT2D eigenvalue weighted by molar-refractivity contribution is 6.32. The van der Waals surface area contributed by atoms with Crippen molar-refractivity contribution in [2.24, 2.45) is 0 Å². The zero-order valence-corrected chi connectivity index (χ0v) is 14.4. The molecule has 0 saturated heterocycles. The minimum Gasteiger partial charge on any atom is -0.478 e. The Morgan fingerprint density at radius 3 is 2.93 bits per heavy atom. The van der Waals surface area contributed by atoms with E-state index in [1.807, 2.05) is 0 Å². The summed E-state index contributed by atoms with van der Waals surface area (Å²) in [5.74, 6) is -1.21. The molecular formula is C17H12ClN5O4. The quantitative estimate of drug-likeness (QED) is 0.490. The topological polar surface area (TPSA) is 136 Å². The maximum atomic E-state index is 12.5. The molecule has 0 radical (unpaired) electrons. The molecule has 27 heavy (non-hydrogen) atoms. The summed E-state index contributed by atoms with van der Waals surface area (Å²) in [4.78, 5) is 28.0. The van der Waals surface area contributed by atoms with Gasteiger partial charge in [0.15, 0.2) is 11.5 Å². The number of halogens is 1. The summed E-state index contributed by atoms with van der Waals surface area (Å²) >= 11 is 5.94. The average Bonchev–Trinajstić information content (AvgIpc) is 3.18. The highest BCUT2D eigenvalue weighted by Gasteiger charge is 2.20. The Hall–Kier alpha value is -3.59. The third-order valence-electron chi connectivity index (χ3n) is 3.94. The van der Waals surface area contributed by atoms with Gasteiger partial charge in [-0.2, -0.15) is 0 Å². The summed E-state index contributed by atoms with van der Waals surface area (Å²) in [7, 11) is 0. The number of aromatic nitrogens is 3. The first-order valence-electron chi connectivity index (χ1n) is 7.76. The van der Waals surface area contributed by atoms with Crippen LogP contribution in [0.1, 0.15) is 26.5 Å². The Bertz CT molecular complexity index is 1210. The molecule has 4 rings (SSSR count). The van der Waals surface area contributed by atoms with Crippen molar-refractivity contribution in [2.45, 2.75) is 6.54 Å². The van der Waals surface area contributed by atoms with E-state index in [2.05, 4.69) is 15.4 Å². The van der Waals surface area contributed by atoms with E-state index in [-0.39, 0.29) is 34.1 Å². The first-order valence-corrected chi connectivity index (χ1v) is 8.14. The second kappa shape index (κ2) is 6.29. The third kappa shape index (κ3) is 2.93. The highest BCUT2D eigenvalue weighted by atomic mass is 35.5. The average molecular weight is 386 g/mol. The summed E-state index contributed by atoms with van der Waals surface area (Å²) in [6, 6.07) is 6.18. The monoisotopic (exact) mass is 385 g/mol. The van der Waals surface area contributed by atoms with Crippen LogP contribution in [0.5, 0.6) is 0 Å². The fraction of sp³-hybridized carbons (Fsp3) is 0.0588. The fourth-order valence-corrected chi connectivity index (χ4v) is 3.02. The molecule has 3 aromatic heterocycles. The predicted octanol–water partition coefficient (Wildman–Crippen LogP) is 2.34. The van der Waals surface area contributed by atoms with Crippen molar-refractivity contribution < 1.29 is 19.1 Å². The highest BCUT2D eigenvalue weighted by Crippen LogP contribution is 2.27. The lowest BCUT2D eigenvalue weighted by molar-refractivity contribution is 0.0697. The van der Waals surface area contributed by atoms with E-state index in [0.29, 0.717) is 16.8 Å². The van der Waals surface area contributed by atoms with Gasteiger partial charge >= 0.3 is 5.97 Å². The van der Waals surface area contributed by atoms with Gasteiger partial charge in [-0.05, 0) is 24.3 Å². The van der Waals surface area contributed by atoms with Gasteiger partial charge in [-0.25, -0.2) is 14.3 Å². The molecule has 3 heterocycles. The van der Waals surface area contributed by atoms with Crippen molar-refractivity contribution in [2.75, 3.05) is 5.73 Å². The van der Waals surface area contributed by atoms with Gasteiger partial charge in [-0.1, -0.05) is 11.6 Å². The summed E-state index contributed by atoms with van der Waals surface area (Å²) in [6.45, 7) is 0.0216. The maximum absolute atomic E-state index is 12.5. The molecular weight excluding hydrogens is 374 g/mol. The Balaban J connectivity index is 1.61. The first-order chi connectivity index (χ1) is 12.9. The minimum absolute atomic E-state index is 0.0216. The van der Waals surface area contributed by atoms with Crippen molar-refractivity contribution >= 4 is 45.9 Å². The number of carbonyl (C=O) groups excluding carboxylic acids is 1. The summed E-state index contributed by atoms with van der Waals surface area (Å²) in [6.07, 6.45) is 3.16.